The fraction of sp³-hybridized carbons (Fsp3) is 0.242. The zero-order valence-corrected chi connectivity index (χ0v) is 22.1. The van der Waals surface area contributed by atoms with Gasteiger partial charge in [0, 0.05) is 23.1 Å². The summed E-state index contributed by atoms with van der Waals surface area (Å²) in [7, 11) is 0. The van der Waals surface area contributed by atoms with E-state index in [0.717, 1.165) is 16.7 Å². The van der Waals surface area contributed by atoms with Gasteiger partial charge < -0.3 is 0 Å². The average Bonchev–Trinajstić information content (AvgIpc) is 2.81. The number of ketones is 3. The number of carbonyl (C=O) groups is 3. The first-order valence-corrected chi connectivity index (χ1v) is 12.1. The molecule has 0 amide bonds. The molecule has 0 heterocycles. The topological polar surface area (TPSA) is 51.2 Å². The highest BCUT2D eigenvalue weighted by Crippen LogP contribution is 2.34. The quantitative estimate of drug-likeness (QED) is 0.246. The lowest BCUT2D eigenvalue weighted by Gasteiger charge is -2.20. The summed E-state index contributed by atoms with van der Waals surface area (Å²) >= 11 is 0. The molecule has 0 aliphatic carbocycles. The first-order chi connectivity index (χ1) is 16.8. The standard InChI is InChI=1S/C33H34O3/c1-20(2)31(35)29-19-24(18-22(4)34)12-17-27(29)23(5)32(36)28-11-9-10-21(3)30(28)25-13-15-26(16-14-25)33(6,7)8/h9-17,19H,1,5,18H2,2-4,6-8H3. The van der Waals surface area contributed by atoms with Crippen LogP contribution in [0.15, 0.2) is 79.4 Å². The molecule has 3 rings (SSSR count). The van der Waals surface area contributed by atoms with E-state index in [0.29, 0.717) is 27.8 Å². The van der Waals surface area contributed by atoms with Gasteiger partial charge >= 0.3 is 0 Å². The molecule has 0 unspecified atom stereocenters. The second kappa shape index (κ2) is 10.4. The Morgan fingerprint density at radius 3 is 1.97 bits per heavy atom. The Kier molecular flexibility index (Phi) is 7.74. The summed E-state index contributed by atoms with van der Waals surface area (Å²) in [5.74, 6) is -0.525. The zero-order chi connectivity index (χ0) is 26.8. The van der Waals surface area contributed by atoms with Crippen LogP contribution in [0.25, 0.3) is 16.7 Å². The molecule has 0 saturated carbocycles. The van der Waals surface area contributed by atoms with E-state index in [-0.39, 0.29) is 34.8 Å². The van der Waals surface area contributed by atoms with Crippen LogP contribution in [0.2, 0.25) is 0 Å². The van der Waals surface area contributed by atoms with E-state index < -0.39 is 0 Å². The molecule has 0 aliphatic rings. The number of carbonyl (C=O) groups excluding carboxylic acids is 3. The number of hydrogen-bond donors (Lipinski definition) is 0. The van der Waals surface area contributed by atoms with Gasteiger partial charge in [0.1, 0.15) is 5.78 Å². The summed E-state index contributed by atoms with van der Waals surface area (Å²) in [6.07, 6.45) is 0.212. The Morgan fingerprint density at radius 2 is 1.42 bits per heavy atom. The van der Waals surface area contributed by atoms with E-state index in [9.17, 15) is 14.4 Å². The number of aryl methyl sites for hydroxylation is 1. The second-order valence-corrected chi connectivity index (χ2v) is 10.5. The van der Waals surface area contributed by atoms with Gasteiger partial charge in [0.2, 0.25) is 0 Å². The number of benzene rings is 3. The summed E-state index contributed by atoms with van der Waals surface area (Å²) in [5.41, 5.74) is 6.64. The summed E-state index contributed by atoms with van der Waals surface area (Å²) in [6, 6.07) is 19.1. The zero-order valence-electron chi connectivity index (χ0n) is 22.1. The predicted octanol–water partition coefficient (Wildman–Crippen LogP) is 7.75. The van der Waals surface area contributed by atoms with Gasteiger partial charge in [-0.2, -0.15) is 0 Å². The lowest BCUT2D eigenvalue weighted by atomic mass is 9.84. The van der Waals surface area contributed by atoms with E-state index in [1.807, 2.05) is 19.1 Å². The normalized spacial score (nSPS) is 11.2. The minimum atomic E-state index is -0.272. The molecule has 0 aliphatic heterocycles. The molecule has 3 nitrogen and oxygen atoms in total. The van der Waals surface area contributed by atoms with E-state index in [1.165, 1.54) is 12.5 Å². The number of Topliss-reactive ketones (excluding diaryl/α,β-unsaturated/α-hetero) is 3. The molecule has 3 aromatic carbocycles. The Hall–Kier alpha value is -3.85. The lowest BCUT2D eigenvalue weighted by molar-refractivity contribution is -0.116. The van der Waals surface area contributed by atoms with Crippen molar-refractivity contribution in [3.05, 3.63) is 113 Å². The molecule has 0 radical (unpaired) electrons. The second-order valence-electron chi connectivity index (χ2n) is 10.5. The number of hydrogen-bond acceptors (Lipinski definition) is 3. The molecule has 0 aromatic heterocycles. The van der Waals surface area contributed by atoms with Crippen LogP contribution in [0.5, 0.6) is 0 Å². The van der Waals surface area contributed by atoms with Crippen molar-refractivity contribution < 1.29 is 14.4 Å². The lowest BCUT2D eigenvalue weighted by Crippen LogP contribution is -2.12. The SMILES string of the molecule is C=C(C)C(=O)c1cc(CC(C)=O)ccc1C(=C)C(=O)c1cccc(C)c1-c1ccc(C(C)(C)C)cc1. The monoisotopic (exact) mass is 478 g/mol. The van der Waals surface area contributed by atoms with Crippen LogP contribution in [-0.2, 0) is 16.6 Å². The molecular formula is C33H34O3. The third-order valence-corrected chi connectivity index (χ3v) is 6.33. The van der Waals surface area contributed by atoms with Gasteiger partial charge in [0.15, 0.2) is 11.6 Å². The van der Waals surface area contributed by atoms with Crippen LogP contribution in [0.4, 0.5) is 0 Å². The molecule has 0 spiro atoms. The maximum absolute atomic E-state index is 13.8. The first kappa shape index (κ1) is 26.7. The van der Waals surface area contributed by atoms with E-state index in [1.54, 1.807) is 31.2 Å². The molecule has 3 heteroatoms. The third kappa shape index (κ3) is 5.68. The predicted molar refractivity (Wildman–Crippen MR) is 149 cm³/mol. The molecule has 0 bridgehead atoms. The molecule has 184 valence electrons. The van der Waals surface area contributed by atoms with Gasteiger partial charge in [-0.05, 0) is 71.2 Å². The highest BCUT2D eigenvalue weighted by atomic mass is 16.1. The Balaban J connectivity index is 2.10. The number of rotatable bonds is 8. The van der Waals surface area contributed by atoms with Gasteiger partial charge in [0.25, 0.3) is 0 Å². The largest absolute Gasteiger partial charge is 0.300 e. The van der Waals surface area contributed by atoms with Gasteiger partial charge in [-0.3, -0.25) is 14.4 Å². The Labute approximate surface area is 214 Å². The Morgan fingerprint density at radius 1 is 0.778 bits per heavy atom. The van der Waals surface area contributed by atoms with E-state index in [4.69, 9.17) is 0 Å². The van der Waals surface area contributed by atoms with Gasteiger partial charge in [0.05, 0.1) is 0 Å². The van der Waals surface area contributed by atoms with Crippen molar-refractivity contribution in [2.45, 2.75) is 53.4 Å². The van der Waals surface area contributed by atoms with Gasteiger partial charge in [-0.15, -0.1) is 0 Å². The average molecular weight is 479 g/mol. The minimum Gasteiger partial charge on any atom is -0.300 e. The van der Waals surface area contributed by atoms with Crippen molar-refractivity contribution in [3.8, 4) is 11.1 Å². The van der Waals surface area contributed by atoms with Crippen LogP contribution in [0, 0.1) is 6.92 Å². The first-order valence-electron chi connectivity index (χ1n) is 12.1. The minimum absolute atomic E-state index is 0.00624. The van der Waals surface area contributed by atoms with Crippen molar-refractivity contribution in [3.63, 3.8) is 0 Å². The van der Waals surface area contributed by atoms with E-state index >= 15 is 0 Å². The molecule has 3 aromatic rings. The van der Waals surface area contributed by atoms with Crippen molar-refractivity contribution in [1.82, 2.24) is 0 Å². The van der Waals surface area contributed by atoms with Crippen LogP contribution in [0.1, 0.15) is 77.6 Å². The fourth-order valence-corrected chi connectivity index (χ4v) is 4.33. The maximum Gasteiger partial charge on any atom is 0.193 e. The summed E-state index contributed by atoms with van der Waals surface area (Å²) in [6.45, 7) is 19.5. The highest BCUT2D eigenvalue weighted by Gasteiger charge is 2.23. The molecule has 0 fully saturated rings. The maximum atomic E-state index is 13.8. The van der Waals surface area contributed by atoms with Crippen LogP contribution in [0.3, 0.4) is 0 Å². The molecule has 0 N–H and O–H groups in total. The molecular weight excluding hydrogens is 444 g/mol. The van der Waals surface area contributed by atoms with Crippen molar-refractivity contribution >= 4 is 22.9 Å². The summed E-state index contributed by atoms with van der Waals surface area (Å²) in [4.78, 5) is 38.5. The molecule has 0 saturated heterocycles. The van der Waals surface area contributed by atoms with Gasteiger partial charge in [-0.25, -0.2) is 0 Å². The molecule has 0 atom stereocenters. The number of allylic oxidation sites excluding steroid dienone is 2. The summed E-state index contributed by atoms with van der Waals surface area (Å²) in [5, 5.41) is 0. The van der Waals surface area contributed by atoms with Gasteiger partial charge in [-0.1, -0.05) is 88.5 Å². The van der Waals surface area contributed by atoms with Crippen LogP contribution >= 0.6 is 0 Å². The molecule has 36 heavy (non-hydrogen) atoms. The van der Waals surface area contributed by atoms with E-state index in [2.05, 4.69) is 58.2 Å². The van der Waals surface area contributed by atoms with Crippen LogP contribution in [-0.4, -0.2) is 17.3 Å². The van der Waals surface area contributed by atoms with Crippen molar-refractivity contribution in [2.24, 2.45) is 0 Å². The highest BCUT2D eigenvalue weighted by molar-refractivity contribution is 6.32. The van der Waals surface area contributed by atoms with Crippen LogP contribution < -0.4 is 0 Å². The van der Waals surface area contributed by atoms with Crippen molar-refractivity contribution in [1.29, 1.82) is 0 Å². The summed E-state index contributed by atoms with van der Waals surface area (Å²) < 4.78 is 0. The Bertz CT molecular complexity index is 1380. The smallest absolute Gasteiger partial charge is 0.193 e. The van der Waals surface area contributed by atoms with Crippen molar-refractivity contribution in [2.75, 3.05) is 0 Å². The fourth-order valence-electron chi connectivity index (χ4n) is 4.33. The third-order valence-electron chi connectivity index (χ3n) is 6.33.